The number of carbonyl (C=O) groups is 1. The third kappa shape index (κ3) is 4.33. The molecule has 1 aliphatic rings. The fraction of sp³-hybridized carbons (Fsp3) is 0.500. The maximum Gasteiger partial charge on any atom is 0.233 e. The molecule has 8 heteroatoms. The normalized spacial score (nSPS) is 21.0. The lowest BCUT2D eigenvalue weighted by Gasteiger charge is -2.35. The molecule has 1 saturated heterocycles. The lowest BCUT2D eigenvalue weighted by molar-refractivity contribution is -0.140. The maximum absolute atomic E-state index is 12.4. The van der Waals surface area contributed by atoms with Crippen LogP contribution in [0.3, 0.4) is 0 Å². The van der Waals surface area contributed by atoms with E-state index >= 15 is 0 Å². The van der Waals surface area contributed by atoms with Crippen LogP contribution in [0.4, 0.5) is 0 Å². The summed E-state index contributed by atoms with van der Waals surface area (Å²) in [4.78, 5) is 14.3. The Kier molecular flexibility index (Phi) is 5.47. The van der Waals surface area contributed by atoms with Crippen LogP contribution in [0.1, 0.15) is 19.4 Å². The number of aromatic nitrogens is 4. The average molecular weight is 347 g/mol. The predicted molar refractivity (Wildman–Crippen MR) is 90.7 cm³/mol. The van der Waals surface area contributed by atoms with Crippen molar-refractivity contribution in [1.82, 2.24) is 25.1 Å². The highest BCUT2D eigenvalue weighted by Crippen LogP contribution is 2.18. The van der Waals surface area contributed by atoms with Gasteiger partial charge in [-0.25, -0.2) is 4.68 Å². The van der Waals surface area contributed by atoms with Gasteiger partial charge in [0.1, 0.15) is 0 Å². The SMILES string of the molecule is C[C@H]1CN(C(=O)CSc2nnnn2Cc2ccccc2)C[C@H](C)O1. The quantitative estimate of drug-likeness (QED) is 0.762. The monoisotopic (exact) mass is 347 g/mol. The fourth-order valence-corrected chi connectivity index (χ4v) is 3.53. The minimum atomic E-state index is 0.0751. The van der Waals surface area contributed by atoms with Gasteiger partial charge in [-0.05, 0) is 29.8 Å². The van der Waals surface area contributed by atoms with Crippen molar-refractivity contribution in [2.24, 2.45) is 0 Å². The molecule has 1 amide bonds. The van der Waals surface area contributed by atoms with E-state index in [4.69, 9.17) is 4.74 Å². The second-order valence-electron chi connectivity index (χ2n) is 5.95. The maximum atomic E-state index is 12.4. The van der Waals surface area contributed by atoms with Gasteiger partial charge < -0.3 is 9.64 Å². The van der Waals surface area contributed by atoms with Gasteiger partial charge in [0, 0.05) is 13.1 Å². The van der Waals surface area contributed by atoms with Crippen LogP contribution < -0.4 is 0 Å². The molecule has 0 N–H and O–H groups in total. The molecule has 1 aliphatic heterocycles. The van der Waals surface area contributed by atoms with Crippen molar-refractivity contribution in [3.63, 3.8) is 0 Å². The van der Waals surface area contributed by atoms with Crippen molar-refractivity contribution >= 4 is 17.7 Å². The van der Waals surface area contributed by atoms with Crippen LogP contribution in [0.15, 0.2) is 35.5 Å². The van der Waals surface area contributed by atoms with E-state index in [1.54, 1.807) is 4.68 Å². The molecular formula is C16H21N5O2S. The van der Waals surface area contributed by atoms with E-state index in [-0.39, 0.29) is 18.1 Å². The van der Waals surface area contributed by atoms with Crippen molar-refractivity contribution in [2.45, 2.75) is 37.8 Å². The van der Waals surface area contributed by atoms with E-state index in [0.717, 1.165) is 5.56 Å². The number of tetrazole rings is 1. The summed E-state index contributed by atoms with van der Waals surface area (Å²) in [6, 6.07) is 9.99. The standard InChI is InChI=1S/C16H21N5O2S/c1-12-8-20(9-13(2)23-12)15(22)11-24-16-17-18-19-21(16)10-14-6-4-3-5-7-14/h3-7,12-13H,8-11H2,1-2H3/t12-,13-/m0/s1. The number of amides is 1. The van der Waals surface area contributed by atoms with Gasteiger partial charge in [-0.15, -0.1) is 5.10 Å². The van der Waals surface area contributed by atoms with Crippen molar-refractivity contribution in [2.75, 3.05) is 18.8 Å². The Balaban J connectivity index is 1.57. The van der Waals surface area contributed by atoms with Crippen LogP contribution in [0.25, 0.3) is 0 Å². The zero-order chi connectivity index (χ0) is 16.9. The molecule has 7 nitrogen and oxygen atoms in total. The van der Waals surface area contributed by atoms with E-state index in [1.165, 1.54) is 11.8 Å². The summed E-state index contributed by atoms with van der Waals surface area (Å²) >= 11 is 1.37. The summed E-state index contributed by atoms with van der Waals surface area (Å²) in [6.45, 7) is 5.85. The third-order valence-electron chi connectivity index (χ3n) is 3.77. The van der Waals surface area contributed by atoms with Crippen LogP contribution in [0.5, 0.6) is 0 Å². The van der Waals surface area contributed by atoms with Gasteiger partial charge in [0.15, 0.2) is 0 Å². The summed E-state index contributed by atoms with van der Waals surface area (Å²) in [5.74, 6) is 0.422. The molecule has 2 aromatic rings. The largest absolute Gasteiger partial charge is 0.372 e. The van der Waals surface area contributed by atoms with Crippen molar-refractivity contribution in [3.05, 3.63) is 35.9 Å². The Morgan fingerprint density at radius 3 is 2.67 bits per heavy atom. The fourth-order valence-electron chi connectivity index (χ4n) is 2.75. The number of hydrogen-bond acceptors (Lipinski definition) is 6. The molecule has 128 valence electrons. The Morgan fingerprint density at radius 1 is 1.25 bits per heavy atom. The smallest absolute Gasteiger partial charge is 0.233 e. The first kappa shape index (κ1) is 16.9. The molecule has 24 heavy (non-hydrogen) atoms. The predicted octanol–water partition coefficient (Wildman–Crippen LogP) is 1.45. The summed E-state index contributed by atoms with van der Waals surface area (Å²) in [5.41, 5.74) is 1.12. The van der Waals surface area contributed by atoms with E-state index in [1.807, 2.05) is 49.1 Å². The van der Waals surface area contributed by atoms with E-state index in [0.29, 0.717) is 30.5 Å². The molecule has 2 atom stereocenters. The van der Waals surface area contributed by atoms with Gasteiger partial charge in [-0.3, -0.25) is 4.79 Å². The molecule has 0 saturated carbocycles. The molecule has 0 radical (unpaired) electrons. The van der Waals surface area contributed by atoms with Crippen molar-refractivity contribution in [1.29, 1.82) is 0 Å². The van der Waals surface area contributed by atoms with Crippen LogP contribution in [-0.4, -0.2) is 62.1 Å². The number of carbonyl (C=O) groups excluding carboxylic acids is 1. The molecule has 0 unspecified atom stereocenters. The lowest BCUT2D eigenvalue weighted by Crippen LogP contribution is -2.48. The Bertz CT molecular complexity index is 668. The van der Waals surface area contributed by atoms with Gasteiger partial charge in [-0.1, -0.05) is 42.1 Å². The second-order valence-corrected chi connectivity index (χ2v) is 6.89. The highest BCUT2D eigenvalue weighted by Gasteiger charge is 2.26. The minimum absolute atomic E-state index is 0.0751. The number of benzene rings is 1. The number of hydrogen-bond donors (Lipinski definition) is 0. The molecule has 3 rings (SSSR count). The highest BCUT2D eigenvalue weighted by molar-refractivity contribution is 7.99. The highest BCUT2D eigenvalue weighted by atomic mass is 32.2. The van der Waals surface area contributed by atoms with Crippen molar-refractivity contribution < 1.29 is 9.53 Å². The van der Waals surface area contributed by atoms with Gasteiger partial charge in [0.25, 0.3) is 0 Å². The first-order valence-electron chi connectivity index (χ1n) is 7.98. The Labute approximate surface area is 145 Å². The molecular weight excluding hydrogens is 326 g/mol. The molecule has 1 aromatic carbocycles. The van der Waals surface area contributed by atoms with Gasteiger partial charge >= 0.3 is 0 Å². The number of ether oxygens (including phenoxy) is 1. The molecule has 1 fully saturated rings. The van der Waals surface area contributed by atoms with E-state index in [9.17, 15) is 4.79 Å². The number of rotatable bonds is 5. The van der Waals surface area contributed by atoms with E-state index < -0.39 is 0 Å². The van der Waals surface area contributed by atoms with Gasteiger partial charge in [0.2, 0.25) is 11.1 Å². The average Bonchev–Trinajstić information content (AvgIpc) is 3.00. The molecule has 1 aromatic heterocycles. The van der Waals surface area contributed by atoms with Crippen LogP contribution in [0.2, 0.25) is 0 Å². The van der Waals surface area contributed by atoms with Gasteiger partial charge in [0.05, 0.1) is 24.5 Å². The summed E-state index contributed by atoms with van der Waals surface area (Å²) in [7, 11) is 0. The molecule has 0 spiro atoms. The van der Waals surface area contributed by atoms with Crippen molar-refractivity contribution in [3.8, 4) is 0 Å². The minimum Gasteiger partial charge on any atom is -0.372 e. The van der Waals surface area contributed by atoms with Crippen LogP contribution >= 0.6 is 11.8 Å². The first-order valence-corrected chi connectivity index (χ1v) is 8.96. The lowest BCUT2D eigenvalue weighted by atomic mass is 10.2. The molecule has 0 aliphatic carbocycles. The number of thioether (sulfide) groups is 1. The Morgan fingerprint density at radius 2 is 1.96 bits per heavy atom. The molecule has 2 heterocycles. The number of morpholine rings is 1. The second kappa shape index (κ2) is 7.76. The Hall–Kier alpha value is -1.93. The summed E-state index contributed by atoms with van der Waals surface area (Å²) in [6.07, 6.45) is 0.150. The van der Waals surface area contributed by atoms with Crippen LogP contribution in [0, 0.1) is 0 Å². The summed E-state index contributed by atoms with van der Waals surface area (Å²) in [5, 5.41) is 12.4. The zero-order valence-corrected chi connectivity index (χ0v) is 14.6. The zero-order valence-electron chi connectivity index (χ0n) is 13.8. The van der Waals surface area contributed by atoms with E-state index in [2.05, 4.69) is 15.5 Å². The summed E-state index contributed by atoms with van der Waals surface area (Å²) < 4.78 is 7.39. The first-order chi connectivity index (χ1) is 11.6. The van der Waals surface area contributed by atoms with Crippen LogP contribution in [-0.2, 0) is 16.1 Å². The topological polar surface area (TPSA) is 73.1 Å². The molecule has 0 bridgehead atoms. The third-order valence-corrected chi connectivity index (χ3v) is 4.71. The number of nitrogens with zero attached hydrogens (tertiary/aromatic N) is 5. The van der Waals surface area contributed by atoms with Gasteiger partial charge in [-0.2, -0.15) is 0 Å².